The maximum Gasteiger partial charge on any atom is 0.252 e. The number of nitrogens with one attached hydrogen (secondary N) is 1. The minimum absolute atomic E-state index is 0.00671. The summed E-state index contributed by atoms with van der Waals surface area (Å²) in [4.78, 5) is 31.1. The van der Waals surface area contributed by atoms with Gasteiger partial charge in [-0.3, -0.25) is 18.9 Å². The van der Waals surface area contributed by atoms with Gasteiger partial charge in [-0.2, -0.15) is 0 Å². The Kier molecular flexibility index (Phi) is 7.18. The van der Waals surface area contributed by atoms with Crippen molar-refractivity contribution < 1.29 is 9.59 Å². The first kappa shape index (κ1) is 19.9. The lowest BCUT2D eigenvalue weighted by Gasteiger charge is -2.21. The summed E-state index contributed by atoms with van der Waals surface area (Å²) in [7, 11) is 0. The first-order chi connectivity index (χ1) is 12.5. The van der Waals surface area contributed by atoms with Gasteiger partial charge in [-0.05, 0) is 31.4 Å². The van der Waals surface area contributed by atoms with Gasteiger partial charge in [0.15, 0.2) is 0 Å². The molecule has 0 bridgehead atoms. The highest BCUT2D eigenvalue weighted by Gasteiger charge is 2.21. The van der Waals surface area contributed by atoms with Crippen LogP contribution >= 0.6 is 0 Å². The van der Waals surface area contributed by atoms with Gasteiger partial charge in [0, 0.05) is 26.2 Å². The zero-order chi connectivity index (χ0) is 19.1. The highest BCUT2D eigenvalue weighted by molar-refractivity contribution is 5.95. The summed E-state index contributed by atoms with van der Waals surface area (Å²) in [6.07, 6.45) is 6.44. The van der Waals surface area contributed by atoms with Crippen LogP contribution in [-0.4, -0.2) is 34.3 Å². The number of amides is 2. The molecule has 0 aliphatic rings. The first-order valence-corrected chi connectivity index (χ1v) is 9.60. The first-order valence-electron chi connectivity index (χ1n) is 9.60. The van der Waals surface area contributed by atoms with Gasteiger partial charge in [0.25, 0.3) is 5.91 Å². The molecular weight excluding hydrogens is 328 g/mol. The van der Waals surface area contributed by atoms with E-state index >= 15 is 0 Å². The third-order valence-corrected chi connectivity index (χ3v) is 4.45. The largest absolute Gasteiger partial charge is 0.352 e. The zero-order valence-electron chi connectivity index (χ0n) is 16.3. The van der Waals surface area contributed by atoms with Crippen LogP contribution in [0.4, 0.5) is 5.82 Å². The number of anilines is 1. The van der Waals surface area contributed by atoms with Crippen LogP contribution in [0.5, 0.6) is 0 Å². The van der Waals surface area contributed by atoms with E-state index in [9.17, 15) is 9.59 Å². The molecule has 0 atom stereocenters. The molecule has 0 spiro atoms. The summed E-state index contributed by atoms with van der Waals surface area (Å²) < 4.78 is 1.88. The smallest absolute Gasteiger partial charge is 0.252 e. The number of pyridine rings is 1. The summed E-state index contributed by atoms with van der Waals surface area (Å²) in [6, 6.07) is 3.63. The minimum atomic E-state index is -0.0963. The highest BCUT2D eigenvalue weighted by atomic mass is 16.2. The van der Waals surface area contributed by atoms with Gasteiger partial charge >= 0.3 is 0 Å². The van der Waals surface area contributed by atoms with E-state index in [4.69, 9.17) is 0 Å². The summed E-state index contributed by atoms with van der Waals surface area (Å²) in [5, 5.41) is 2.94. The molecular formula is C20H30N4O2. The van der Waals surface area contributed by atoms with Crippen molar-refractivity contribution >= 4 is 23.3 Å². The summed E-state index contributed by atoms with van der Waals surface area (Å²) in [5.41, 5.74) is 2.21. The van der Waals surface area contributed by atoms with Crippen molar-refractivity contribution in [3.63, 3.8) is 0 Å². The Hall–Kier alpha value is -2.37. The molecule has 26 heavy (non-hydrogen) atoms. The van der Waals surface area contributed by atoms with Crippen LogP contribution in [0, 0.1) is 0 Å². The van der Waals surface area contributed by atoms with Crippen LogP contribution in [0.1, 0.15) is 69.4 Å². The quantitative estimate of drug-likeness (QED) is 0.697. The monoisotopic (exact) mass is 358 g/mol. The number of unbranched alkanes of at least 4 members (excludes halogenated alkanes) is 2. The van der Waals surface area contributed by atoms with Crippen molar-refractivity contribution in [3.8, 4) is 0 Å². The molecule has 6 heteroatoms. The second-order valence-corrected chi connectivity index (χ2v) is 6.52. The number of carbonyl (C=O) groups excluding carboxylic acids is 2. The van der Waals surface area contributed by atoms with Crippen LogP contribution in [0.25, 0.3) is 5.65 Å². The number of carbonyl (C=O) groups is 2. The fourth-order valence-corrected chi connectivity index (χ4v) is 2.95. The van der Waals surface area contributed by atoms with Crippen molar-refractivity contribution in [2.24, 2.45) is 0 Å². The molecule has 0 radical (unpaired) electrons. The van der Waals surface area contributed by atoms with Gasteiger partial charge in [0.1, 0.15) is 11.5 Å². The molecule has 0 saturated heterocycles. The Morgan fingerprint density at radius 2 is 1.88 bits per heavy atom. The molecule has 142 valence electrons. The molecule has 6 nitrogen and oxygen atoms in total. The molecule has 0 fully saturated rings. The van der Waals surface area contributed by atoms with E-state index in [0.717, 1.165) is 49.3 Å². The van der Waals surface area contributed by atoms with E-state index in [-0.39, 0.29) is 11.8 Å². The predicted octanol–water partition coefficient (Wildman–Crippen LogP) is 3.58. The number of aryl methyl sites for hydroxylation is 1. The SMILES string of the molecule is CCCCNC(=O)c1ccc2nc(CC)c(N(CCCC)C(C)=O)n2c1. The lowest BCUT2D eigenvalue weighted by molar-refractivity contribution is -0.116. The van der Waals surface area contributed by atoms with Gasteiger partial charge in [-0.25, -0.2) is 4.98 Å². The van der Waals surface area contributed by atoms with E-state index in [1.807, 2.05) is 17.4 Å². The number of aromatic nitrogens is 2. The fraction of sp³-hybridized carbons (Fsp3) is 0.550. The Morgan fingerprint density at radius 3 is 2.50 bits per heavy atom. The van der Waals surface area contributed by atoms with E-state index in [2.05, 4.69) is 24.1 Å². The lowest BCUT2D eigenvalue weighted by Crippen LogP contribution is -2.31. The third-order valence-electron chi connectivity index (χ3n) is 4.45. The Bertz CT molecular complexity index is 767. The molecule has 1 N–H and O–H groups in total. The summed E-state index contributed by atoms with van der Waals surface area (Å²) >= 11 is 0. The fourth-order valence-electron chi connectivity index (χ4n) is 2.95. The topological polar surface area (TPSA) is 66.7 Å². The third kappa shape index (κ3) is 4.42. The minimum Gasteiger partial charge on any atom is -0.352 e. The Morgan fingerprint density at radius 1 is 1.15 bits per heavy atom. The second-order valence-electron chi connectivity index (χ2n) is 6.52. The molecule has 0 aromatic carbocycles. The molecule has 0 unspecified atom stereocenters. The van der Waals surface area contributed by atoms with Crippen LogP contribution in [-0.2, 0) is 11.2 Å². The predicted molar refractivity (Wildman–Crippen MR) is 105 cm³/mol. The number of hydrogen-bond donors (Lipinski definition) is 1. The van der Waals surface area contributed by atoms with E-state index in [1.54, 1.807) is 24.1 Å². The summed E-state index contributed by atoms with van der Waals surface area (Å²) in [6.45, 7) is 9.12. The molecule has 2 aromatic heterocycles. The molecule has 2 heterocycles. The highest BCUT2D eigenvalue weighted by Crippen LogP contribution is 2.25. The molecule has 0 saturated carbocycles. The maximum absolute atomic E-state index is 12.4. The van der Waals surface area contributed by atoms with Gasteiger partial charge in [-0.1, -0.05) is 33.6 Å². The van der Waals surface area contributed by atoms with E-state index in [1.165, 1.54) is 0 Å². The molecule has 2 amide bonds. The molecule has 0 aliphatic heterocycles. The standard InChI is InChI=1S/C20H30N4O2/c1-5-8-12-21-19(26)16-10-11-18-22-17(7-3)20(24(18)14-16)23(15(4)25)13-9-6-2/h10-11,14H,5-9,12-13H2,1-4H3,(H,21,26). The average Bonchev–Trinajstić information content (AvgIpc) is 2.99. The van der Waals surface area contributed by atoms with Crippen molar-refractivity contribution in [2.75, 3.05) is 18.0 Å². The molecule has 2 aromatic rings. The van der Waals surface area contributed by atoms with Crippen LogP contribution < -0.4 is 10.2 Å². The Labute approximate surface area is 155 Å². The lowest BCUT2D eigenvalue weighted by atomic mass is 10.2. The normalized spacial score (nSPS) is 10.9. The summed E-state index contributed by atoms with van der Waals surface area (Å²) in [5.74, 6) is 0.681. The van der Waals surface area contributed by atoms with Gasteiger partial charge in [-0.15, -0.1) is 0 Å². The van der Waals surface area contributed by atoms with Crippen LogP contribution in [0.2, 0.25) is 0 Å². The molecule has 0 aliphatic carbocycles. The number of rotatable bonds is 9. The number of fused-ring (bicyclic) bond motifs is 1. The van der Waals surface area contributed by atoms with Gasteiger partial charge in [0.2, 0.25) is 5.91 Å². The van der Waals surface area contributed by atoms with Crippen molar-refractivity contribution in [2.45, 2.75) is 59.8 Å². The Balaban J connectivity index is 2.45. The van der Waals surface area contributed by atoms with Crippen molar-refractivity contribution in [1.29, 1.82) is 0 Å². The van der Waals surface area contributed by atoms with Crippen LogP contribution in [0.15, 0.2) is 18.3 Å². The number of nitrogens with zero attached hydrogens (tertiary/aromatic N) is 3. The number of imidazole rings is 1. The van der Waals surface area contributed by atoms with E-state index < -0.39 is 0 Å². The second kappa shape index (κ2) is 9.36. The van der Waals surface area contributed by atoms with Gasteiger partial charge < -0.3 is 5.32 Å². The molecule has 2 rings (SSSR count). The zero-order valence-corrected chi connectivity index (χ0v) is 16.3. The van der Waals surface area contributed by atoms with Gasteiger partial charge in [0.05, 0.1) is 11.3 Å². The van der Waals surface area contributed by atoms with Crippen LogP contribution in [0.3, 0.4) is 0 Å². The van der Waals surface area contributed by atoms with Crippen molar-refractivity contribution in [3.05, 3.63) is 29.6 Å². The van der Waals surface area contributed by atoms with Crippen molar-refractivity contribution in [1.82, 2.24) is 14.7 Å². The van der Waals surface area contributed by atoms with E-state index in [0.29, 0.717) is 18.7 Å². The maximum atomic E-state index is 12.4. The average molecular weight is 358 g/mol. The number of hydrogen-bond acceptors (Lipinski definition) is 3.